The molecular formula is C28H26N2S3. The molecule has 0 spiro atoms. The predicted octanol–water partition coefficient (Wildman–Crippen LogP) is 8.65. The number of fused-ring (bicyclic) bond motifs is 3. The smallest absolute Gasteiger partial charge is 0.0635 e. The van der Waals surface area contributed by atoms with Crippen LogP contribution < -0.4 is 9.80 Å². The first-order valence-corrected chi connectivity index (χ1v) is 13.3. The molecule has 0 aliphatic rings. The van der Waals surface area contributed by atoms with E-state index in [1.54, 1.807) is 0 Å². The first-order chi connectivity index (χ1) is 16.0. The zero-order valence-corrected chi connectivity index (χ0v) is 21.7. The highest BCUT2D eigenvalue weighted by molar-refractivity contribution is 7.38. The Kier molecular flexibility index (Phi) is 6.11. The van der Waals surface area contributed by atoms with Crippen molar-refractivity contribution < 1.29 is 0 Å². The second kappa shape index (κ2) is 9.18. The van der Waals surface area contributed by atoms with Crippen molar-refractivity contribution in [3.8, 4) is 0 Å². The Morgan fingerprint density at radius 3 is 1.27 bits per heavy atom. The van der Waals surface area contributed by atoms with Crippen LogP contribution >= 0.6 is 34.0 Å². The standard InChI is InChI=1S/C28H26N2S3/c1-29(2)21-11-5-19(6-12-21)9-15-23-17-25-27(31-23)28-26(33-25)18-24(32-28)16-10-20-7-13-22(14-8-20)30(3)4/h5-18H,1-4H3/b15-9+,16-10+. The van der Waals surface area contributed by atoms with Crippen LogP contribution in [0.2, 0.25) is 0 Å². The van der Waals surface area contributed by atoms with E-state index in [-0.39, 0.29) is 0 Å². The number of rotatable bonds is 6. The summed E-state index contributed by atoms with van der Waals surface area (Å²) in [5.41, 5.74) is 4.90. The van der Waals surface area contributed by atoms with Crippen molar-refractivity contribution in [2.75, 3.05) is 38.0 Å². The van der Waals surface area contributed by atoms with E-state index in [0.29, 0.717) is 0 Å². The summed E-state index contributed by atoms with van der Waals surface area (Å²) in [6.07, 6.45) is 8.88. The van der Waals surface area contributed by atoms with Crippen LogP contribution in [0, 0.1) is 0 Å². The van der Waals surface area contributed by atoms with Crippen LogP contribution in [-0.4, -0.2) is 28.2 Å². The minimum Gasteiger partial charge on any atom is -0.378 e. The Labute approximate surface area is 207 Å². The first kappa shape index (κ1) is 22.0. The number of anilines is 2. The van der Waals surface area contributed by atoms with E-state index >= 15 is 0 Å². The summed E-state index contributed by atoms with van der Waals surface area (Å²) in [5, 5.41) is 0. The molecule has 0 radical (unpaired) electrons. The van der Waals surface area contributed by atoms with E-state index in [9.17, 15) is 0 Å². The Morgan fingerprint density at radius 1 is 0.515 bits per heavy atom. The Balaban J connectivity index is 1.35. The van der Waals surface area contributed by atoms with E-state index in [1.807, 2.05) is 34.0 Å². The van der Waals surface area contributed by atoms with E-state index in [2.05, 4.69) is 123 Å². The van der Waals surface area contributed by atoms with Crippen LogP contribution in [0.3, 0.4) is 0 Å². The molecular weight excluding hydrogens is 461 g/mol. The van der Waals surface area contributed by atoms with Gasteiger partial charge in [-0.3, -0.25) is 0 Å². The summed E-state index contributed by atoms with van der Waals surface area (Å²) in [5.74, 6) is 0. The second-order valence-electron chi connectivity index (χ2n) is 8.42. The molecule has 33 heavy (non-hydrogen) atoms. The minimum absolute atomic E-state index is 1.22. The van der Waals surface area contributed by atoms with Gasteiger partial charge in [-0.25, -0.2) is 0 Å². The lowest BCUT2D eigenvalue weighted by Crippen LogP contribution is -2.07. The van der Waals surface area contributed by atoms with Gasteiger partial charge < -0.3 is 9.80 Å². The van der Waals surface area contributed by atoms with Gasteiger partial charge in [-0.2, -0.15) is 0 Å². The average Bonchev–Trinajstić information content (AvgIpc) is 3.47. The molecule has 0 saturated carbocycles. The van der Waals surface area contributed by atoms with Crippen LogP contribution in [0.1, 0.15) is 20.9 Å². The van der Waals surface area contributed by atoms with Gasteiger partial charge in [0.15, 0.2) is 0 Å². The van der Waals surface area contributed by atoms with Gasteiger partial charge >= 0.3 is 0 Å². The highest BCUT2D eigenvalue weighted by Gasteiger charge is 2.11. The third kappa shape index (κ3) is 4.76. The maximum absolute atomic E-state index is 2.32. The quantitative estimate of drug-likeness (QED) is 0.237. The normalized spacial score (nSPS) is 12.0. The number of hydrogen-bond acceptors (Lipinski definition) is 5. The fourth-order valence-corrected chi connectivity index (χ4v) is 7.51. The number of benzene rings is 2. The van der Waals surface area contributed by atoms with Crippen LogP contribution in [-0.2, 0) is 0 Å². The maximum Gasteiger partial charge on any atom is 0.0635 e. The van der Waals surface area contributed by atoms with Gasteiger partial charge in [0.1, 0.15) is 0 Å². The fraction of sp³-hybridized carbons (Fsp3) is 0.143. The zero-order chi connectivity index (χ0) is 22.9. The van der Waals surface area contributed by atoms with E-state index in [1.165, 1.54) is 51.1 Å². The van der Waals surface area contributed by atoms with E-state index in [0.717, 1.165) is 0 Å². The Bertz CT molecular complexity index is 1330. The first-order valence-electron chi connectivity index (χ1n) is 10.8. The molecule has 5 aromatic rings. The molecule has 166 valence electrons. The summed E-state index contributed by atoms with van der Waals surface area (Å²) in [6, 6.07) is 22.0. The van der Waals surface area contributed by atoms with Gasteiger partial charge in [-0.05, 0) is 59.7 Å². The van der Waals surface area contributed by atoms with E-state index < -0.39 is 0 Å². The molecule has 2 aromatic carbocycles. The highest BCUT2D eigenvalue weighted by atomic mass is 32.1. The van der Waals surface area contributed by atoms with Crippen LogP contribution in [0.15, 0.2) is 60.7 Å². The Hall–Kier alpha value is -2.86. The molecule has 0 N–H and O–H groups in total. The summed E-state index contributed by atoms with van der Waals surface area (Å²) >= 11 is 5.68. The highest BCUT2D eigenvalue weighted by Crippen LogP contribution is 2.44. The number of thiophene rings is 3. The van der Waals surface area contributed by atoms with Crippen LogP contribution in [0.4, 0.5) is 11.4 Å². The molecule has 2 nitrogen and oxygen atoms in total. The van der Waals surface area contributed by atoms with Crippen molar-refractivity contribution in [3.05, 3.63) is 81.5 Å². The number of nitrogens with zero attached hydrogens (tertiary/aromatic N) is 2. The molecule has 0 amide bonds. The average molecular weight is 487 g/mol. The van der Waals surface area contributed by atoms with Crippen molar-refractivity contribution in [1.29, 1.82) is 0 Å². The van der Waals surface area contributed by atoms with Gasteiger partial charge in [-0.1, -0.05) is 36.4 Å². The summed E-state index contributed by atoms with van der Waals surface area (Å²) < 4.78 is 5.60. The molecule has 0 fully saturated rings. The predicted molar refractivity (Wildman–Crippen MR) is 154 cm³/mol. The van der Waals surface area contributed by atoms with Gasteiger partial charge in [0.25, 0.3) is 0 Å². The molecule has 0 saturated heterocycles. The van der Waals surface area contributed by atoms with Crippen molar-refractivity contribution in [2.45, 2.75) is 0 Å². The van der Waals surface area contributed by atoms with Crippen molar-refractivity contribution in [3.63, 3.8) is 0 Å². The molecule has 0 aliphatic heterocycles. The molecule has 0 unspecified atom stereocenters. The van der Waals surface area contributed by atoms with Crippen LogP contribution in [0.5, 0.6) is 0 Å². The molecule has 3 heterocycles. The van der Waals surface area contributed by atoms with Gasteiger partial charge in [0, 0.05) is 58.7 Å². The minimum atomic E-state index is 1.22. The molecule has 5 heteroatoms. The van der Waals surface area contributed by atoms with Gasteiger partial charge in [0.05, 0.1) is 9.40 Å². The van der Waals surface area contributed by atoms with Gasteiger partial charge in [0.2, 0.25) is 0 Å². The molecule has 3 aromatic heterocycles. The molecule has 0 atom stereocenters. The molecule has 0 bridgehead atoms. The lowest BCUT2D eigenvalue weighted by atomic mass is 10.2. The van der Waals surface area contributed by atoms with Crippen molar-refractivity contribution in [1.82, 2.24) is 0 Å². The largest absolute Gasteiger partial charge is 0.378 e. The van der Waals surface area contributed by atoms with Crippen molar-refractivity contribution >= 4 is 88.5 Å². The summed E-state index contributed by atoms with van der Waals surface area (Å²) in [7, 11) is 8.27. The van der Waals surface area contributed by atoms with E-state index in [4.69, 9.17) is 0 Å². The molecule has 0 aliphatic carbocycles. The number of hydrogen-bond donors (Lipinski definition) is 0. The summed E-state index contributed by atoms with van der Waals surface area (Å²) in [4.78, 5) is 6.86. The lowest BCUT2D eigenvalue weighted by Gasteiger charge is -2.11. The van der Waals surface area contributed by atoms with Crippen LogP contribution in [0.25, 0.3) is 43.1 Å². The second-order valence-corrected chi connectivity index (χ2v) is 11.7. The third-order valence-corrected chi connectivity index (χ3v) is 9.27. The third-order valence-electron chi connectivity index (χ3n) is 5.56. The monoisotopic (exact) mass is 486 g/mol. The SMILES string of the molecule is CN(C)c1ccc(/C=C/c2cc3sc4cc(/C=C/c5ccc(N(C)C)cc5)sc4c3s2)cc1. The maximum atomic E-state index is 2.32. The van der Waals surface area contributed by atoms with Crippen molar-refractivity contribution in [2.24, 2.45) is 0 Å². The Morgan fingerprint density at radius 2 is 0.909 bits per heavy atom. The lowest BCUT2D eigenvalue weighted by molar-refractivity contribution is 1.13. The summed E-state index contributed by atoms with van der Waals surface area (Å²) in [6.45, 7) is 0. The molecule has 5 rings (SSSR count). The zero-order valence-electron chi connectivity index (χ0n) is 19.2. The fourth-order valence-electron chi connectivity index (χ4n) is 3.66. The topological polar surface area (TPSA) is 6.48 Å². The van der Waals surface area contributed by atoms with Gasteiger partial charge in [-0.15, -0.1) is 34.0 Å².